The minimum atomic E-state index is 0.119. The van der Waals surface area contributed by atoms with E-state index in [4.69, 9.17) is 0 Å². The molecule has 1 atom stereocenters. The fourth-order valence-electron chi connectivity index (χ4n) is 1.31. The second-order valence-electron chi connectivity index (χ2n) is 4.50. The van der Waals surface area contributed by atoms with Crippen LogP contribution in [0.5, 0.6) is 0 Å². The van der Waals surface area contributed by atoms with Crippen LogP contribution >= 0.6 is 0 Å². The fourth-order valence-corrected chi connectivity index (χ4v) is 1.31. The Morgan fingerprint density at radius 3 is 2.47 bits per heavy atom. The summed E-state index contributed by atoms with van der Waals surface area (Å²) in [5.41, 5.74) is 2.00. The summed E-state index contributed by atoms with van der Waals surface area (Å²) in [5, 5.41) is 0. The number of Topliss-reactive ketones (excluding diaryl/α,β-unsaturated/α-hetero) is 1. The van der Waals surface area contributed by atoms with Gasteiger partial charge >= 0.3 is 0 Å². The summed E-state index contributed by atoms with van der Waals surface area (Å²) in [7, 11) is 0. The van der Waals surface area contributed by atoms with Gasteiger partial charge in [0.15, 0.2) is 0 Å². The average Bonchev–Trinajstić information content (AvgIpc) is 2.20. The van der Waals surface area contributed by atoms with Crippen molar-refractivity contribution in [2.24, 2.45) is 11.8 Å². The number of hydrogen-bond acceptors (Lipinski definition) is 2. The number of aryl methyl sites for hydroxylation is 1. The number of carbonyl (C=O) groups is 1. The third-order valence-electron chi connectivity index (χ3n) is 2.84. The zero-order chi connectivity index (χ0) is 11.4. The molecule has 0 aliphatic heterocycles. The van der Waals surface area contributed by atoms with Gasteiger partial charge in [-0.2, -0.15) is 0 Å². The highest BCUT2D eigenvalue weighted by atomic mass is 16.1. The standard InChI is InChI=1S/C13H19NO/c1-9(2)11(4)13(15)7-12-6-5-10(3)8-14-12/h5-6,8-9,11H,7H2,1-4H3. The van der Waals surface area contributed by atoms with Crippen LogP contribution < -0.4 is 0 Å². The number of nitrogens with zero attached hydrogens (tertiary/aromatic N) is 1. The molecule has 2 heteroatoms. The quantitative estimate of drug-likeness (QED) is 0.756. The molecule has 0 aromatic carbocycles. The predicted molar refractivity (Wildman–Crippen MR) is 61.7 cm³/mol. The maximum atomic E-state index is 11.8. The van der Waals surface area contributed by atoms with E-state index in [1.807, 2.05) is 32.2 Å². The van der Waals surface area contributed by atoms with Crippen molar-refractivity contribution in [3.8, 4) is 0 Å². The van der Waals surface area contributed by atoms with E-state index >= 15 is 0 Å². The van der Waals surface area contributed by atoms with Crippen molar-refractivity contribution in [3.63, 3.8) is 0 Å². The van der Waals surface area contributed by atoms with Crippen LogP contribution in [0.15, 0.2) is 18.3 Å². The molecule has 0 fully saturated rings. The first-order chi connectivity index (χ1) is 7.00. The third-order valence-corrected chi connectivity index (χ3v) is 2.84. The minimum absolute atomic E-state index is 0.119. The molecule has 1 aromatic rings. The molecule has 0 bridgehead atoms. The number of rotatable bonds is 4. The van der Waals surface area contributed by atoms with Crippen LogP contribution in [0.4, 0.5) is 0 Å². The summed E-state index contributed by atoms with van der Waals surface area (Å²) < 4.78 is 0. The maximum Gasteiger partial charge on any atom is 0.141 e. The Hall–Kier alpha value is -1.18. The summed E-state index contributed by atoms with van der Waals surface area (Å²) in [5.74, 6) is 0.803. The Morgan fingerprint density at radius 2 is 2.00 bits per heavy atom. The van der Waals surface area contributed by atoms with E-state index < -0.39 is 0 Å². The van der Waals surface area contributed by atoms with Crippen molar-refractivity contribution in [2.75, 3.05) is 0 Å². The molecule has 0 saturated heterocycles. The molecule has 1 rings (SSSR count). The number of ketones is 1. The first-order valence-corrected chi connectivity index (χ1v) is 5.45. The molecule has 0 aliphatic carbocycles. The van der Waals surface area contributed by atoms with Crippen molar-refractivity contribution >= 4 is 5.78 Å². The lowest BCUT2D eigenvalue weighted by Gasteiger charge is -2.13. The SMILES string of the molecule is Cc1ccc(CC(=O)C(C)C(C)C)nc1. The Morgan fingerprint density at radius 1 is 1.33 bits per heavy atom. The van der Waals surface area contributed by atoms with Gasteiger partial charge in [-0.3, -0.25) is 9.78 Å². The van der Waals surface area contributed by atoms with E-state index in [-0.39, 0.29) is 11.7 Å². The van der Waals surface area contributed by atoms with E-state index in [0.29, 0.717) is 12.3 Å². The largest absolute Gasteiger partial charge is 0.299 e. The van der Waals surface area contributed by atoms with Gasteiger partial charge in [0.05, 0.1) is 0 Å². The van der Waals surface area contributed by atoms with Crippen LogP contribution in [0, 0.1) is 18.8 Å². The normalized spacial score (nSPS) is 12.9. The van der Waals surface area contributed by atoms with Gasteiger partial charge in [-0.1, -0.05) is 26.8 Å². The molecule has 0 amide bonds. The molecule has 2 nitrogen and oxygen atoms in total. The van der Waals surface area contributed by atoms with E-state index in [2.05, 4.69) is 18.8 Å². The summed E-state index contributed by atoms with van der Waals surface area (Å²) >= 11 is 0. The Bertz CT molecular complexity index is 327. The van der Waals surface area contributed by atoms with Crippen LogP contribution in [0.1, 0.15) is 32.0 Å². The number of aromatic nitrogens is 1. The predicted octanol–water partition coefficient (Wildman–Crippen LogP) is 2.79. The lowest BCUT2D eigenvalue weighted by Crippen LogP contribution is -2.19. The van der Waals surface area contributed by atoms with Crippen LogP contribution in [-0.4, -0.2) is 10.8 Å². The molecular weight excluding hydrogens is 186 g/mol. The second-order valence-corrected chi connectivity index (χ2v) is 4.50. The van der Waals surface area contributed by atoms with Gasteiger partial charge in [-0.25, -0.2) is 0 Å². The Labute approximate surface area is 91.7 Å². The highest BCUT2D eigenvalue weighted by molar-refractivity contribution is 5.82. The smallest absolute Gasteiger partial charge is 0.141 e. The number of carbonyl (C=O) groups excluding carboxylic acids is 1. The molecule has 0 aliphatic rings. The number of hydrogen-bond donors (Lipinski definition) is 0. The van der Waals surface area contributed by atoms with Crippen molar-refractivity contribution in [3.05, 3.63) is 29.6 Å². The average molecular weight is 205 g/mol. The van der Waals surface area contributed by atoms with E-state index in [1.165, 1.54) is 0 Å². The van der Waals surface area contributed by atoms with Gasteiger partial charge in [-0.15, -0.1) is 0 Å². The van der Waals surface area contributed by atoms with Crippen LogP contribution in [0.25, 0.3) is 0 Å². The monoisotopic (exact) mass is 205 g/mol. The van der Waals surface area contributed by atoms with Crippen molar-refractivity contribution in [1.29, 1.82) is 0 Å². The van der Waals surface area contributed by atoms with Crippen molar-refractivity contribution in [2.45, 2.75) is 34.1 Å². The lowest BCUT2D eigenvalue weighted by molar-refractivity contribution is -0.122. The molecule has 1 unspecified atom stereocenters. The molecule has 82 valence electrons. The van der Waals surface area contributed by atoms with Crippen molar-refractivity contribution < 1.29 is 4.79 Å². The highest BCUT2D eigenvalue weighted by Gasteiger charge is 2.16. The Kier molecular flexibility index (Phi) is 4.01. The topological polar surface area (TPSA) is 30.0 Å². The first kappa shape index (κ1) is 11.9. The maximum absolute atomic E-state index is 11.8. The first-order valence-electron chi connectivity index (χ1n) is 5.45. The molecule has 0 saturated carbocycles. The van der Waals surface area contributed by atoms with E-state index in [0.717, 1.165) is 11.3 Å². The van der Waals surface area contributed by atoms with Gasteiger partial charge in [0.25, 0.3) is 0 Å². The summed E-state index contributed by atoms with van der Waals surface area (Å²) in [4.78, 5) is 16.0. The lowest BCUT2D eigenvalue weighted by atomic mass is 9.91. The van der Waals surface area contributed by atoms with Crippen LogP contribution in [0.2, 0.25) is 0 Å². The number of pyridine rings is 1. The van der Waals surface area contributed by atoms with Crippen LogP contribution in [-0.2, 0) is 11.2 Å². The minimum Gasteiger partial charge on any atom is -0.299 e. The van der Waals surface area contributed by atoms with Gasteiger partial charge in [0.1, 0.15) is 5.78 Å². The van der Waals surface area contributed by atoms with Crippen molar-refractivity contribution in [1.82, 2.24) is 4.98 Å². The van der Waals surface area contributed by atoms with Gasteiger partial charge in [-0.05, 0) is 24.5 Å². The van der Waals surface area contributed by atoms with Crippen LogP contribution in [0.3, 0.4) is 0 Å². The van der Waals surface area contributed by atoms with Gasteiger partial charge < -0.3 is 0 Å². The summed E-state index contributed by atoms with van der Waals surface area (Å²) in [6.45, 7) is 8.13. The highest BCUT2D eigenvalue weighted by Crippen LogP contribution is 2.13. The van der Waals surface area contributed by atoms with Gasteiger partial charge in [0.2, 0.25) is 0 Å². The zero-order valence-electron chi connectivity index (χ0n) is 9.95. The molecule has 1 heterocycles. The Balaban J connectivity index is 2.62. The van der Waals surface area contributed by atoms with E-state index in [9.17, 15) is 4.79 Å². The van der Waals surface area contributed by atoms with E-state index in [1.54, 1.807) is 0 Å². The fraction of sp³-hybridized carbons (Fsp3) is 0.538. The molecule has 15 heavy (non-hydrogen) atoms. The molecule has 0 spiro atoms. The second kappa shape index (κ2) is 5.06. The molecular formula is C13H19NO. The van der Waals surface area contributed by atoms with Gasteiger partial charge in [0, 0.05) is 24.2 Å². The zero-order valence-corrected chi connectivity index (χ0v) is 9.95. The molecule has 0 N–H and O–H groups in total. The third kappa shape index (κ3) is 3.46. The molecule has 1 aromatic heterocycles. The molecule has 0 radical (unpaired) electrons. The summed E-state index contributed by atoms with van der Waals surface area (Å²) in [6, 6.07) is 3.93. The summed E-state index contributed by atoms with van der Waals surface area (Å²) in [6.07, 6.45) is 2.27.